The average molecular weight is 211 g/mol. The second-order valence-electron chi connectivity index (χ2n) is 3.39. The zero-order valence-corrected chi connectivity index (χ0v) is 8.77. The predicted molar refractivity (Wildman–Crippen MR) is 45.3 cm³/mol. The molecule has 0 fully saturated rings. The molecule has 0 saturated heterocycles. The molecule has 1 amide bonds. The molecule has 0 aromatic rings. The number of rotatable bonds is 2. The van der Waals surface area contributed by atoms with Crippen LogP contribution in [0.2, 0.25) is 0 Å². The molecule has 0 heterocycles. The first kappa shape index (κ1) is 12.2. The van der Waals surface area contributed by atoms with Gasteiger partial charge in [-0.3, -0.25) is 0 Å². The maximum Gasteiger partial charge on any atom is 0.432 e. The van der Waals surface area contributed by atoms with Gasteiger partial charge in [0.15, 0.2) is 0 Å². The maximum absolute atomic E-state index is 10.8. The molecule has 0 aromatic heterocycles. The first-order valence-corrected chi connectivity index (χ1v) is 5.29. The van der Waals surface area contributed by atoms with Gasteiger partial charge >= 0.3 is 6.09 Å². The fraction of sp³-hybridized carbons (Fsp3) is 0.833. The Morgan fingerprint density at radius 2 is 1.77 bits per heavy atom. The number of hydrogen-bond donors (Lipinski definition) is 1. The van der Waals surface area contributed by atoms with Crippen molar-refractivity contribution in [3.05, 3.63) is 0 Å². The van der Waals surface area contributed by atoms with Crippen LogP contribution in [0.5, 0.6) is 0 Å². The maximum atomic E-state index is 10.8. The summed E-state index contributed by atoms with van der Waals surface area (Å²) < 4.78 is 29.5. The van der Waals surface area contributed by atoms with Crippen LogP contribution in [0.15, 0.2) is 0 Å². The van der Waals surface area contributed by atoms with Crippen LogP contribution in [0.1, 0.15) is 20.8 Å². The smallest absolute Gasteiger partial charge is 0.432 e. The van der Waals surface area contributed by atoms with E-state index in [1.807, 2.05) is 0 Å². The molecule has 0 unspecified atom stereocenters. The molecule has 0 aliphatic carbocycles. The zero-order valence-electron chi connectivity index (χ0n) is 7.95. The molecule has 0 bridgehead atoms. The van der Waals surface area contributed by atoms with Crippen LogP contribution in [0.3, 0.4) is 0 Å². The van der Waals surface area contributed by atoms with Gasteiger partial charge in [-0.15, -0.1) is 4.28 Å². The van der Waals surface area contributed by atoms with E-state index in [2.05, 4.69) is 4.28 Å². The highest BCUT2D eigenvalue weighted by Gasteiger charge is 2.17. The molecule has 0 rings (SSSR count). The van der Waals surface area contributed by atoms with Crippen molar-refractivity contribution in [1.29, 1.82) is 0 Å². The summed E-state index contributed by atoms with van der Waals surface area (Å²) in [6, 6.07) is 0. The lowest BCUT2D eigenvalue weighted by molar-refractivity contribution is 0.0300. The Morgan fingerprint density at radius 3 is 2.08 bits per heavy atom. The van der Waals surface area contributed by atoms with Crippen LogP contribution in [0, 0.1) is 0 Å². The Labute approximate surface area is 77.3 Å². The summed E-state index contributed by atoms with van der Waals surface area (Å²) in [4.78, 5) is 10.8. The van der Waals surface area contributed by atoms with Gasteiger partial charge in [0, 0.05) is 0 Å². The number of carbonyl (C=O) groups is 1. The highest BCUT2D eigenvalue weighted by atomic mass is 32.2. The molecule has 6 nitrogen and oxygen atoms in total. The first-order chi connectivity index (χ1) is 5.60. The fourth-order valence-electron chi connectivity index (χ4n) is 0.409. The summed E-state index contributed by atoms with van der Waals surface area (Å²) in [6.07, 6.45) is -0.136. The minimum Gasteiger partial charge on any atom is -0.442 e. The molecule has 0 aromatic carbocycles. The van der Waals surface area contributed by atoms with E-state index < -0.39 is 21.8 Å². The number of hydrogen-bond acceptors (Lipinski definition) is 5. The second kappa shape index (κ2) is 3.93. The Bertz CT molecular complexity index is 276. The normalized spacial score (nSPS) is 12.3. The largest absolute Gasteiger partial charge is 0.442 e. The third-order valence-electron chi connectivity index (χ3n) is 0.675. The number of ether oxygens (including phenoxy) is 1. The lowest BCUT2D eigenvalue weighted by Crippen LogP contribution is -2.33. The molecule has 0 spiro atoms. The molecule has 1 N–H and O–H groups in total. The van der Waals surface area contributed by atoms with E-state index >= 15 is 0 Å². The molecule has 78 valence electrons. The first-order valence-electron chi connectivity index (χ1n) is 3.47. The Morgan fingerprint density at radius 1 is 1.31 bits per heavy atom. The second-order valence-corrected chi connectivity index (χ2v) is 4.97. The predicted octanol–water partition coefficient (Wildman–Crippen LogP) is 0.402. The summed E-state index contributed by atoms with van der Waals surface area (Å²) in [6.45, 7) is 4.94. The van der Waals surface area contributed by atoms with Gasteiger partial charge in [-0.2, -0.15) is 13.9 Å². The molecule has 13 heavy (non-hydrogen) atoms. The standard InChI is InChI=1S/C6H13NO5S/c1-6(2,3)11-5(8)7-12-13(4,9)10/h1-4H3,(H,7,8). The Kier molecular flexibility index (Phi) is 3.68. The van der Waals surface area contributed by atoms with E-state index in [1.165, 1.54) is 0 Å². The number of carbonyl (C=O) groups excluding carboxylic acids is 1. The van der Waals surface area contributed by atoms with Gasteiger partial charge in [0.1, 0.15) is 5.60 Å². The van der Waals surface area contributed by atoms with Crippen LogP contribution in [-0.2, 0) is 19.1 Å². The lowest BCUT2D eigenvalue weighted by Gasteiger charge is -2.18. The van der Waals surface area contributed by atoms with Crippen LogP contribution in [0.25, 0.3) is 0 Å². The topological polar surface area (TPSA) is 81.7 Å². The minimum absolute atomic E-state index is 0.690. The van der Waals surface area contributed by atoms with Crippen molar-refractivity contribution in [2.24, 2.45) is 0 Å². The molecule has 7 heteroatoms. The van der Waals surface area contributed by atoms with E-state index in [-0.39, 0.29) is 0 Å². The van der Waals surface area contributed by atoms with Gasteiger partial charge in [-0.05, 0) is 20.8 Å². The Hall–Kier alpha value is -0.820. The van der Waals surface area contributed by atoms with E-state index in [0.29, 0.717) is 0 Å². The minimum atomic E-state index is -3.69. The van der Waals surface area contributed by atoms with Gasteiger partial charge in [-0.25, -0.2) is 4.79 Å². The zero-order chi connectivity index (χ0) is 10.7. The van der Waals surface area contributed by atoms with Crippen molar-refractivity contribution in [3.63, 3.8) is 0 Å². The van der Waals surface area contributed by atoms with E-state index in [9.17, 15) is 13.2 Å². The van der Waals surface area contributed by atoms with E-state index in [1.54, 1.807) is 26.3 Å². The van der Waals surface area contributed by atoms with Crippen molar-refractivity contribution >= 4 is 16.2 Å². The van der Waals surface area contributed by atoms with Crippen molar-refractivity contribution in [3.8, 4) is 0 Å². The summed E-state index contributed by atoms with van der Waals surface area (Å²) in [5.41, 5.74) is 0.940. The summed E-state index contributed by atoms with van der Waals surface area (Å²) in [7, 11) is -3.69. The van der Waals surface area contributed by atoms with E-state index in [0.717, 1.165) is 6.26 Å². The molecular weight excluding hydrogens is 198 g/mol. The Balaban J connectivity index is 3.92. The summed E-state index contributed by atoms with van der Waals surface area (Å²) in [5.74, 6) is 0. The van der Waals surface area contributed by atoms with Crippen LogP contribution in [-0.4, -0.2) is 26.4 Å². The third kappa shape index (κ3) is 9.09. The molecular formula is C6H13NO5S. The number of hydroxylamine groups is 1. The van der Waals surface area contributed by atoms with Crippen molar-refractivity contribution in [2.45, 2.75) is 26.4 Å². The molecule has 0 saturated carbocycles. The average Bonchev–Trinajstić information content (AvgIpc) is 1.78. The van der Waals surface area contributed by atoms with Crippen LogP contribution in [0.4, 0.5) is 4.79 Å². The lowest BCUT2D eigenvalue weighted by atomic mass is 10.2. The molecule has 0 radical (unpaired) electrons. The van der Waals surface area contributed by atoms with Gasteiger partial charge in [0.2, 0.25) is 0 Å². The van der Waals surface area contributed by atoms with Gasteiger partial charge in [0.25, 0.3) is 10.1 Å². The van der Waals surface area contributed by atoms with E-state index in [4.69, 9.17) is 4.74 Å². The van der Waals surface area contributed by atoms with Crippen molar-refractivity contribution in [1.82, 2.24) is 5.48 Å². The highest BCUT2D eigenvalue weighted by molar-refractivity contribution is 7.85. The monoisotopic (exact) mass is 211 g/mol. The third-order valence-corrected chi connectivity index (χ3v) is 1.06. The van der Waals surface area contributed by atoms with Gasteiger partial charge in [-0.1, -0.05) is 0 Å². The van der Waals surface area contributed by atoms with Gasteiger partial charge < -0.3 is 4.74 Å². The summed E-state index contributed by atoms with van der Waals surface area (Å²) >= 11 is 0. The SMILES string of the molecule is CC(C)(C)OC(=O)NOS(C)(=O)=O. The molecule has 0 aliphatic heterocycles. The van der Waals surface area contributed by atoms with Crippen molar-refractivity contribution in [2.75, 3.05) is 6.26 Å². The van der Waals surface area contributed by atoms with Crippen molar-refractivity contribution < 1.29 is 22.2 Å². The van der Waals surface area contributed by atoms with Crippen LogP contribution < -0.4 is 5.48 Å². The molecule has 0 atom stereocenters. The highest BCUT2D eigenvalue weighted by Crippen LogP contribution is 2.06. The molecule has 0 aliphatic rings. The van der Waals surface area contributed by atoms with Crippen LogP contribution >= 0.6 is 0 Å². The summed E-state index contributed by atoms with van der Waals surface area (Å²) in [5, 5.41) is 0. The number of nitrogens with one attached hydrogen (secondary N) is 1. The number of amides is 1. The quantitative estimate of drug-likeness (QED) is 0.669. The fourth-order valence-corrected chi connectivity index (χ4v) is 0.628. The van der Waals surface area contributed by atoms with Gasteiger partial charge in [0.05, 0.1) is 6.26 Å².